The lowest BCUT2D eigenvalue weighted by molar-refractivity contribution is 0.0940. The van der Waals surface area contributed by atoms with Gasteiger partial charge in [-0.15, -0.1) is 0 Å². The highest BCUT2D eigenvalue weighted by atomic mass is 35.5. The highest BCUT2D eigenvalue weighted by molar-refractivity contribution is 6.30. The number of carbonyl (C=O) groups is 1. The van der Waals surface area contributed by atoms with E-state index in [4.69, 9.17) is 16.0 Å². The molecule has 0 saturated carbocycles. The SMILES string of the molecule is CC(C)CNC(=O)c1cc2occc2n1Cc1cccc(Cl)c1. The average Bonchev–Trinajstić information content (AvgIpc) is 3.07. The minimum absolute atomic E-state index is 0.0906. The molecule has 3 aromatic rings. The zero-order valence-corrected chi connectivity index (χ0v) is 13.9. The second-order valence-electron chi connectivity index (χ2n) is 6.02. The fourth-order valence-electron chi connectivity index (χ4n) is 2.54. The van der Waals surface area contributed by atoms with Gasteiger partial charge in [0.05, 0.1) is 11.8 Å². The first-order chi connectivity index (χ1) is 11.0. The Bertz CT molecular complexity index is 833. The van der Waals surface area contributed by atoms with Gasteiger partial charge in [-0.3, -0.25) is 4.79 Å². The molecule has 1 amide bonds. The maximum atomic E-state index is 12.5. The van der Waals surface area contributed by atoms with E-state index in [0.29, 0.717) is 35.3 Å². The van der Waals surface area contributed by atoms with Gasteiger partial charge in [0.1, 0.15) is 5.69 Å². The molecule has 1 N–H and O–H groups in total. The normalized spacial score (nSPS) is 11.3. The molecular formula is C18H19ClN2O2. The van der Waals surface area contributed by atoms with E-state index in [1.807, 2.05) is 34.9 Å². The van der Waals surface area contributed by atoms with Crippen LogP contribution in [0.4, 0.5) is 0 Å². The van der Waals surface area contributed by atoms with Gasteiger partial charge in [0.25, 0.3) is 5.91 Å². The summed E-state index contributed by atoms with van der Waals surface area (Å²) in [4.78, 5) is 12.5. The van der Waals surface area contributed by atoms with Crippen LogP contribution in [-0.4, -0.2) is 17.0 Å². The van der Waals surface area contributed by atoms with Gasteiger partial charge in [0, 0.05) is 30.2 Å². The van der Waals surface area contributed by atoms with Crippen molar-refractivity contribution in [2.75, 3.05) is 6.54 Å². The zero-order chi connectivity index (χ0) is 16.4. The number of fused-ring (bicyclic) bond motifs is 1. The van der Waals surface area contributed by atoms with Crippen molar-refractivity contribution >= 4 is 28.6 Å². The number of aromatic nitrogens is 1. The van der Waals surface area contributed by atoms with Crippen molar-refractivity contribution in [2.24, 2.45) is 5.92 Å². The third-order valence-electron chi connectivity index (χ3n) is 3.66. The molecule has 23 heavy (non-hydrogen) atoms. The summed E-state index contributed by atoms with van der Waals surface area (Å²) in [6.07, 6.45) is 1.63. The van der Waals surface area contributed by atoms with Crippen LogP contribution in [0, 0.1) is 5.92 Å². The molecule has 3 rings (SSSR count). The number of carbonyl (C=O) groups excluding carboxylic acids is 1. The summed E-state index contributed by atoms with van der Waals surface area (Å²) in [6, 6.07) is 11.3. The van der Waals surface area contributed by atoms with Gasteiger partial charge >= 0.3 is 0 Å². The van der Waals surface area contributed by atoms with Crippen molar-refractivity contribution in [3.8, 4) is 0 Å². The van der Waals surface area contributed by atoms with Crippen molar-refractivity contribution < 1.29 is 9.21 Å². The van der Waals surface area contributed by atoms with Crippen LogP contribution in [0.3, 0.4) is 0 Å². The smallest absolute Gasteiger partial charge is 0.268 e. The van der Waals surface area contributed by atoms with Crippen molar-refractivity contribution in [1.82, 2.24) is 9.88 Å². The van der Waals surface area contributed by atoms with Crippen LogP contribution in [0.5, 0.6) is 0 Å². The molecule has 0 bridgehead atoms. The Hall–Kier alpha value is -2.20. The highest BCUT2D eigenvalue weighted by Crippen LogP contribution is 2.23. The minimum atomic E-state index is -0.0906. The van der Waals surface area contributed by atoms with Crippen LogP contribution in [0.15, 0.2) is 47.1 Å². The average molecular weight is 331 g/mol. The van der Waals surface area contributed by atoms with Gasteiger partial charge in [-0.05, 0) is 23.6 Å². The molecule has 0 radical (unpaired) electrons. The fraction of sp³-hybridized carbons (Fsp3) is 0.278. The second kappa shape index (κ2) is 6.50. The Morgan fingerprint density at radius 1 is 1.30 bits per heavy atom. The topological polar surface area (TPSA) is 47.2 Å². The van der Waals surface area contributed by atoms with Crippen molar-refractivity contribution in [2.45, 2.75) is 20.4 Å². The molecule has 0 aliphatic heterocycles. The van der Waals surface area contributed by atoms with E-state index in [1.165, 1.54) is 0 Å². The molecule has 2 heterocycles. The van der Waals surface area contributed by atoms with Crippen LogP contribution in [-0.2, 0) is 6.54 Å². The lowest BCUT2D eigenvalue weighted by atomic mass is 10.2. The number of amides is 1. The molecule has 1 aromatic carbocycles. The molecule has 2 aromatic heterocycles. The molecule has 0 aliphatic rings. The standard InChI is InChI=1S/C18H19ClN2O2/c1-12(2)10-20-18(22)16-9-17-15(6-7-23-17)21(16)11-13-4-3-5-14(19)8-13/h3-9,12H,10-11H2,1-2H3,(H,20,22). The van der Waals surface area contributed by atoms with Crippen LogP contribution >= 0.6 is 11.6 Å². The molecule has 5 heteroatoms. The van der Waals surface area contributed by atoms with E-state index in [2.05, 4.69) is 19.2 Å². The molecule has 0 aliphatic carbocycles. The van der Waals surface area contributed by atoms with Gasteiger partial charge in [0.15, 0.2) is 5.58 Å². The molecule has 0 atom stereocenters. The van der Waals surface area contributed by atoms with Gasteiger partial charge in [0.2, 0.25) is 0 Å². The van der Waals surface area contributed by atoms with E-state index < -0.39 is 0 Å². The number of benzene rings is 1. The summed E-state index contributed by atoms with van der Waals surface area (Å²) >= 11 is 6.06. The van der Waals surface area contributed by atoms with Crippen molar-refractivity contribution in [1.29, 1.82) is 0 Å². The van der Waals surface area contributed by atoms with Crippen LogP contribution in [0.1, 0.15) is 29.9 Å². The number of rotatable bonds is 5. The van der Waals surface area contributed by atoms with E-state index in [0.717, 1.165) is 11.1 Å². The van der Waals surface area contributed by atoms with Crippen molar-refractivity contribution in [3.05, 3.63) is 58.9 Å². The molecular weight excluding hydrogens is 312 g/mol. The summed E-state index contributed by atoms with van der Waals surface area (Å²) in [5, 5.41) is 3.64. The second-order valence-corrected chi connectivity index (χ2v) is 6.46. The number of hydrogen-bond acceptors (Lipinski definition) is 2. The summed E-state index contributed by atoms with van der Waals surface area (Å²) in [6.45, 7) is 5.34. The lowest BCUT2D eigenvalue weighted by Gasteiger charge is -2.12. The summed E-state index contributed by atoms with van der Waals surface area (Å²) < 4.78 is 7.41. The van der Waals surface area contributed by atoms with Crippen molar-refractivity contribution in [3.63, 3.8) is 0 Å². The van der Waals surface area contributed by atoms with Gasteiger partial charge < -0.3 is 14.3 Å². The molecule has 0 fully saturated rings. The maximum Gasteiger partial charge on any atom is 0.268 e. The van der Waals surface area contributed by atoms with E-state index in [1.54, 1.807) is 12.3 Å². The van der Waals surface area contributed by atoms with Crippen LogP contribution in [0.25, 0.3) is 11.1 Å². The quantitative estimate of drug-likeness (QED) is 0.757. The lowest BCUT2D eigenvalue weighted by Crippen LogP contribution is -2.29. The first-order valence-electron chi connectivity index (χ1n) is 7.64. The predicted molar refractivity (Wildman–Crippen MR) is 91.9 cm³/mol. The van der Waals surface area contributed by atoms with Gasteiger partial charge in [-0.2, -0.15) is 0 Å². The maximum absolute atomic E-state index is 12.5. The highest BCUT2D eigenvalue weighted by Gasteiger charge is 2.17. The summed E-state index contributed by atoms with van der Waals surface area (Å²) in [5.41, 5.74) is 3.25. The predicted octanol–water partition coefficient (Wildman–Crippen LogP) is 4.32. The Kier molecular flexibility index (Phi) is 4.44. The zero-order valence-electron chi connectivity index (χ0n) is 13.2. The number of nitrogens with one attached hydrogen (secondary N) is 1. The summed E-state index contributed by atoms with van der Waals surface area (Å²) in [5.74, 6) is 0.311. The number of nitrogens with zero attached hydrogens (tertiary/aromatic N) is 1. The van der Waals surface area contributed by atoms with Gasteiger partial charge in [-0.1, -0.05) is 37.6 Å². The minimum Gasteiger partial charge on any atom is -0.463 e. The molecule has 4 nitrogen and oxygen atoms in total. The summed E-state index contributed by atoms with van der Waals surface area (Å²) in [7, 11) is 0. The van der Waals surface area contributed by atoms with E-state index >= 15 is 0 Å². The van der Waals surface area contributed by atoms with Crippen LogP contribution < -0.4 is 5.32 Å². The Labute approximate surface area is 140 Å². The third kappa shape index (κ3) is 3.42. The molecule has 120 valence electrons. The van der Waals surface area contributed by atoms with E-state index in [-0.39, 0.29) is 5.91 Å². The first-order valence-corrected chi connectivity index (χ1v) is 8.02. The third-order valence-corrected chi connectivity index (χ3v) is 3.89. The number of furan rings is 1. The molecule has 0 saturated heterocycles. The Morgan fingerprint density at radius 3 is 2.87 bits per heavy atom. The first kappa shape index (κ1) is 15.7. The Balaban J connectivity index is 1.95. The van der Waals surface area contributed by atoms with E-state index in [9.17, 15) is 4.79 Å². The number of halogens is 1. The fourth-order valence-corrected chi connectivity index (χ4v) is 2.75. The largest absolute Gasteiger partial charge is 0.463 e. The molecule has 0 unspecified atom stereocenters. The monoisotopic (exact) mass is 330 g/mol. The van der Waals surface area contributed by atoms with Crippen LogP contribution in [0.2, 0.25) is 5.02 Å². The molecule has 0 spiro atoms. The Morgan fingerprint density at radius 2 is 2.13 bits per heavy atom. The van der Waals surface area contributed by atoms with Gasteiger partial charge in [-0.25, -0.2) is 0 Å². The number of hydrogen-bond donors (Lipinski definition) is 1.